The van der Waals surface area contributed by atoms with Crippen molar-refractivity contribution in [2.45, 2.75) is 18.6 Å². The molecule has 1 aliphatic heterocycles. The van der Waals surface area contributed by atoms with Crippen LogP contribution in [0.25, 0.3) is 0 Å². The first kappa shape index (κ1) is 13.4. The molecule has 0 aromatic heterocycles. The second-order valence-corrected chi connectivity index (χ2v) is 4.24. The van der Waals surface area contributed by atoms with Crippen molar-refractivity contribution in [3.05, 3.63) is 35.4 Å². The number of hydrazine groups is 1. The molecule has 0 amide bonds. The van der Waals surface area contributed by atoms with Crippen molar-refractivity contribution >= 4 is 0 Å². The molecular weight excluding hydrogens is 242 g/mol. The minimum Gasteiger partial charge on any atom is -0.376 e. The normalized spacial score (nSPS) is 21.8. The topological polar surface area (TPSA) is 56.5 Å². The Labute approximate surface area is 104 Å². The monoisotopic (exact) mass is 258 g/mol. The van der Waals surface area contributed by atoms with Crippen LogP contribution >= 0.6 is 0 Å². The van der Waals surface area contributed by atoms with Gasteiger partial charge in [0.25, 0.3) is 0 Å². The fraction of sp³-hybridized carbons (Fsp3) is 0.500. The summed E-state index contributed by atoms with van der Waals surface area (Å²) in [6.07, 6.45) is 0.161. The number of halogens is 2. The van der Waals surface area contributed by atoms with E-state index in [1.165, 1.54) is 12.1 Å². The molecule has 1 fully saturated rings. The second-order valence-electron chi connectivity index (χ2n) is 4.24. The number of rotatable bonds is 4. The first-order chi connectivity index (χ1) is 8.69. The van der Waals surface area contributed by atoms with Crippen molar-refractivity contribution < 1.29 is 18.3 Å². The molecule has 2 unspecified atom stereocenters. The Hall–Kier alpha value is -1.08. The summed E-state index contributed by atoms with van der Waals surface area (Å²) in [7, 11) is 0. The summed E-state index contributed by atoms with van der Waals surface area (Å²) >= 11 is 0. The predicted octanol–water partition coefficient (Wildman–Crippen LogP) is 0.755. The highest BCUT2D eigenvalue weighted by Gasteiger charge is 2.24. The summed E-state index contributed by atoms with van der Waals surface area (Å²) in [6, 6.07) is 3.18. The number of benzene rings is 1. The van der Waals surface area contributed by atoms with Crippen LogP contribution in [0.15, 0.2) is 18.2 Å². The molecule has 0 spiro atoms. The van der Waals surface area contributed by atoms with E-state index in [2.05, 4.69) is 5.43 Å². The molecule has 0 aliphatic carbocycles. The molecule has 2 rings (SSSR count). The van der Waals surface area contributed by atoms with Crippen LogP contribution in [-0.4, -0.2) is 32.0 Å². The fourth-order valence-corrected chi connectivity index (χ4v) is 2.02. The summed E-state index contributed by atoms with van der Waals surface area (Å²) in [6.45, 7) is 1.48. The number of hydrogen-bond acceptors (Lipinski definition) is 4. The zero-order chi connectivity index (χ0) is 13.0. The Morgan fingerprint density at radius 2 is 2.00 bits per heavy atom. The minimum absolute atomic E-state index is 0.213. The van der Waals surface area contributed by atoms with Crippen molar-refractivity contribution in [2.75, 3.05) is 19.8 Å². The minimum atomic E-state index is -0.596. The van der Waals surface area contributed by atoms with Gasteiger partial charge in [0.1, 0.15) is 11.6 Å². The first-order valence-corrected chi connectivity index (χ1v) is 5.79. The molecule has 0 bridgehead atoms. The second kappa shape index (κ2) is 6.19. The molecule has 0 saturated carbocycles. The number of nitrogens with one attached hydrogen (secondary N) is 1. The standard InChI is InChI=1S/C12H16F2N2O2/c13-9-3-8(4-10(14)6-9)5-11(16-15)12-7-17-1-2-18-12/h3-4,6,11-12,16H,1-2,5,7,15H2. The molecule has 1 heterocycles. The molecule has 6 heteroatoms. The van der Waals surface area contributed by atoms with E-state index < -0.39 is 11.6 Å². The maximum Gasteiger partial charge on any atom is 0.126 e. The molecule has 1 aliphatic rings. The third-order valence-corrected chi connectivity index (χ3v) is 2.88. The van der Waals surface area contributed by atoms with E-state index in [1.807, 2.05) is 0 Å². The van der Waals surface area contributed by atoms with E-state index in [0.29, 0.717) is 31.8 Å². The van der Waals surface area contributed by atoms with Crippen LogP contribution in [0.1, 0.15) is 5.56 Å². The average molecular weight is 258 g/mol. The highest BCUT2D eigenvalue weighted by atomic mass is 19.1. The molecule has 18 heavy (non-hydrogen) atoms. The van der Waals surface area contributed by atoms with Gasteiger partial charge in [0.2, 0.25) is 0 Å². The van der Waals surface area contributed by atoms with Gasteiger partial charge in [-0.3, -0.25) is 11.3 Å². The Bertz CT molecular complexity index is 377. The average Bonchev–Trinajstić information content (AvgIpc) is 2.36. The largest absolute Gasteiger partial charge is 0.376 e. The molecule has 2 atom stereocenters. The lowest BCUT2D eigenvalue weighted by Crippen LogP contribution is -2.50. The molecule has 1 aromatic rings. The Morgan fingerprint density at radius 3 is 2.56 bits per heavy atom. The van der Waals surface area contributed by atoms with Gasteiger partial charge in [-0.1, -0.05) is 0 Å². The SMILES string of the molecule is NNC(Cc1cc(F)cc(F)c1)C1COCCO1. The van der Waals surface area contributed by atoms with E-state index in [0.717, 1.165) is 6.07 Å². The van der Waals surface area contributed by atoms with Gasteiger partial charge >= 0.3 is 0 Å². The Kier molecular flexibility index (Phi) is 4.60. The molecule has 3 N–H and O–H groups in total. The molecule has 4 nitrogen and oxygen atoms in total. The summed E-state index contributed by atoms with van der Waals surface area (Å²) in [5, 5.41) is 0. The van der Waals surface area contributed by atoms with Crippen molar-refractivity contribution in [3.63, 3.8) is 0 Å². The van der Waals surface area contributed by atoms with Gasteiger partial charge in [0.15, 0.2) is 0 Å². The van der Waals surface area contributed by atoms with Gasteiger partial charge in [0.05, 0.1) is 32.0 Å². The van der Waals surface area contributed by atoms with Crippen LogP contribution in [0, 0.1) is 11.6 Å². The Balaban J connectivity index is 2.04. The number of hydrogen-bond donors (Lipinski definition) is 2. The number of nitrogens with two attached hydrogens (primary N) is 1. The molecule has 0 radical (unpaired) electrons. The van der Waals surface area contributed by atoms with Crippen LogP contribution in [-0.2, 0) is 15.9 Å². The highest BCUT2D eigenvalue weighted by molar-refractivity contribution is 5.19. The number of ether oxygens (including phenoxy) is 2. The maximum atomic E-state index is 13.1. The summed E-state index contributed by atoms with van der Waals surface area (Å²) in [4.78, 5) is 0. The van der Waals surface area contributed by atoms with Crippen LogP contribution in [0.4, 0.5) is 8.78 Å². The van der Waals surface area contributed by atoms with Crippen LogP contribution in [0.5, 0.6) is 0 Å². The van der Waals surface area contributed by atoms with Crippen molar-refractivity contribution in [1.29, 1.82) is 0 Å². The van der Waals surface area contributed by atoms with E-state index in [1.54, 1.807) is 0 Å². The molecular formula is C12H16F2N2O2. The molecule has 100 valence electrons. The van der Waals surface area contributed by atoms with E-state index in [4.69, 9.17) is 15.3 Å². The van der Waals surface area contributed by atoms with Crippen molar-refractivity contribution in [1.82, 2.24) is 5.43 Å². The lowest BCUT2D eigenvalue weighted by atomic mass is 10.0. The van der Waals surface area contributed by atoms with Crippen LogP contribution < -0.4 is 11.3 Å². The summed E-state index contributed by atoms with van der Waals surface area (Å²) in [5.41, 5.74) is 3.14. The predicted molar refractivity (Wildman–Crippen MR) is 61.7 cm³/mol. The summed E-state index contributed by atoms with van der Waals surface area (Å²) in [5.74, 6) is 4.26. The smallest absolute Gasteiger partial charge is 0.126 e. The van der Waals surface area contributed by atoms with Gasteiger partial charge < -0.3 is 9.47 Å². The zero-order valence-electron chi connectivity index (χ0n) is 9.86. The van der Waals surface area contributed by atoms with Crippen LogP contribution in [0.2, 0.25) is 0 Å². The highest BCUT2D eigenvalue weighted by Crippen LogP contribution is 2.14. The maximum absolute atomic E-state index is 13.1. The third kappa shape index (κ3) is 3.46. The van der Waals surface area contributed by atoms with Gasteiger partial charge in [-0.05, 0) is 24.1 Å². The van der Waals surface area contributed by atoms with Gasteiger partial charge in [-0.2, -0.15) is 0 Å². The fourth-order valence-electron chi connectivity index (χ4n) is 2.02. The van der Waals surface area contributed by atoms with E-state index in [-0.39, 0.29) is 12.1 Å². The van der Waals surface area contributed by atoms with Gasteiger partial charge in [0, 0.05) is 6.07 Å². The van der Waals surface area contributed by atoms with E-state index >= 15 is 0 Å². The van der Waals surface area contributed by atoms with Crippen molar-refractivity contribution in [3.8, 4) is 0 Å². The Morgan fingerprint density at radius 1 is 1.28 bits per heavy atom. The van der Waals surface area contributed by atoms with Crippen LogP contribution in [0.3, 0.4) is 0 Å². The molecule has 1 aromatic carbocycles. The van der Waals surface area contributed by atoms with E-state index in [9.17, 15) is 8.78 Å². The zero-order valence-corrected chi connectivity index (χ0v) is 9.86. The third-order valence-electron chi connectivity index (χ3n) is 2.88. The van der Waals surface area contributed by atoms with Gasteiger partial charge in [-0.15, -0.1) is 0 Å². The molecule has 1 saturated heterocycles. The lowest BCUT2D eigenvalue weighted by Gasteiger charge is -2.30. The lowest BCUT2D eigenvalue weighted by molar-refractivity contribution is -0.101. The quantitative estimate of drug-likeness (QED) is 0.618. The first-order valence-electron chi connectivity index (χ1n) is 5.79. The van der Waals surface area contributed by atoms with Crippen molar-refractivity contribution in [2.24, 2.45) is 5.84 Å². The summed E-state index contributed by atoms with van der Waals surface area (Å²) < 4.78 is 36.9. The van der Waals surface area contributed by atoms with Gasteiger partial charge in [-0.25, -0.2) is 8.78 Å².